The molecule has 0 saturated carbocycles. The van der Waals surface area contributed by atoms with E-state index in [-0.39, 0.29) is 17.6 Å². The molecule has 0 unspecified atom stereocenters. The van der Waals surface area contributed by atoms with Gasteiger partial charge in [0.15, 0.2) is 17.3 Å². The summed E-state index contributed by atoms with van der Waals surface area (Å²) in [6, 6.07) is 9.01. The Bertz CT molecular complexity index is 1210. The third-order valence-electron chi connectivity index (χ3n) is 5.85. The minimum absolute atomic E-state index is 0.00985. The van der Waals surface area contributed by atoms with Crippen LogP contribution in [0.1, 0.15) is 41.9 Å². The third kappa shape index (κ3) is 3.13. The van der Waals surface area contributed by atoms with E-state index in [1.165, 1.54) is 0 Å². The van der Waals surface area contributed by atoms with Crippen LogP contribution in [0, 0.1) is 6.92 Å². The number of hydrogen-bond acceptors (Lipinski definition) is 8. The molecule has 2 atom stereocenters. The molecule has 1 aromatic carbocycles. The van der Waals surface area contributed by atoms with Crippen LogP contribution in [-0.4, -0.2) is 34.8 Å². The number of methoxy groups -OCH3 is 2. The molecule has 3 heterocycles. The van der Waals surface area contributed by atoms with Crippen molar-refractivity contribution in [2.75, 3.05) is 25.3 Å². The van der Waals surface area contributed by atoms with Gasteiger partial charge in [-0.05, 0) is 49.1 Å². The molecule has 2 aromatic heterocycles. The van der Waals surface area contributed by atoms with Crippen LogP contribution < -0.4 is 20.5 Å². The zero-order valence-corrected chi connectivity index (χ0v) is 17.5. The fourth-order valence-electron chi connectivity index (χ4n) is 4.43. The van der Waals surface area contributed by atoms with Gasteiger partial charge in [-0.1, -0.05) is 6.07 Å². The Hall–Kier alpha value is -3.75. The maximum atomic E-state index is 13.4. The molecular weight excluding hydrogens is 398 g/mol. The van der Waals surface area contributed by atoms with Crippen LogP contribution in [0.15, 0.2) is 46.0 Å². The predicted octanol–water partition coefficient (Wildman–Crippen LogP) is 3.19. The number of allylic oxidation sites excluding steroid dienone is 2. The van der Waals surface area contributed by atoms with E-state index in [4.69, 9.17) is 19.6 Å². The average Bonchev–Trinajstić information content (AvgIpc) is 3.35. The summed E-state index contributed by atoms with van der Waals surface area (Å²) in [5, 5.41) is 7.58. The van der Waals surface area contributed by atoms with E-state index in [0.29, 0.717) is 41.6 Å². The molecule has 3 N–H and O–H groups in total. The van der Waals surface area contributed by atoms with Gasteiger partial charge >= 0.3 is 0 Å². The lowest BCUT2D eigenvalue weighted by Gasteiger charge is -2.34. The van der Waals surface area contributed by atoms with Crippen molar-refractivity contribution in [2.45, 2.75) is 31.7 Å². The second-order valence-corrected chi connectivity index (χ2v) is 7.75. The summed E-state index contributed by atoms with van der Waals surface area (Å²) in [5.74, 6) is 3.35. The van der Waals surface area contributed by atoms with Gasteiger partial charge in [-0.15, -0.1) is 5.10 Å². The smallest absolute Gasteiger partial charge is 0.241 e. The van der Waals surface area contributed by atoms with Crippen molar-refractivity contribution in [1.82, 2.24) is 14.8 Å². The summed E-state index contributed by atoms with van der Waals surface area (Å²) in [5.41, 5.74) is 8.33. The van der Waals surface area contributed by atoms with Gasteiger partial charge in [-0.3, -0.25) is 4.79 Å². The number of Topliss-reactive ketones (excluding diaryl/α,β-unsaturated/α-hetero) is 1. The normalized spacial score (nSPS) is 20.2. The molecule has 3 aromatic rings. The van der Waals surface area contributed by atoms with Crippen molar-refractivity contribution in [2.24, 2.45) is 0 Å². The second-order valence-electron chi connectivity index (χ2n) is 7.75. The lowest BCUT2D eigenvalue weighted by atomic mass is 9.78. The number of fused-ring (bicyclic) bond motifs is 1. The zero-order valence-electron chi connectivity index (χ0n) is 17.5. The lowest BCUT2D eigenvalue weighted by Crippen LogP contribution is -2.33. The predicted molar refractivity (Wildman–Crippen MR) is 113 cm³/mol. The summed E-state index contributed by atoms with van der Waals surface area (Å²) in [6.45, 7) is 1.87. The first-order valence-electron chi connectivity index (χ1n) is 10.0. The lowest BCUT2D eigenvalue weighted by molar-refractivity contribution is -0.116. The van der Waals surface area contributed by atoms with E-state index in [0.717, 1.165) is 17.0 Å². The summed E-state index contributed by atoms with van der Waals surface area (Å²) >= 11 is 0. The van der Waals surface area contributed by atoms with Gasteiger partial charge in [-0.25, -0.2) is 4.68 Å². The number of aryl methyl sites for hydroxylation is 1. The minimum atomic E-state index is -0.497. The van der Waals surface area contributed by atoms with Gasteiger partial charge in [0.1, 0.15) is 17.6 Å². The summed E-state index contributed by atoms with van der Waals surface area (Å²) in [4.78, 5) is 17.7. The van der Waals surface area contributed by atoms with Crippen LogP contribution in [0.5, 0.6) is 11.5 Å². The Balaban J connectivity index is 1.56. The summed E-state index contributed by atoms with van der Waals surface area (Å²) in [7, 11) is 3.20. The van der Waals surface area contributed by atoms with E-state index in [9.17, 15) is 4.79 Å². The summed E-state index contributed by atoms with van der Waals surface area (Å²) < 4.78 is 18.3. The van der Waals surface area contributed by atoms with Crippen molar-refractivity contribution in [3.8, 4) is 11.5 Å². The second kappa shape index (κ2) is 7.19. The number of nitrogens with two attached hydrogens (primary N) is 1. The Kier molecular flexibility index (Phi) is 4.46. The van der Waals surface area contributed by atoms with Gasteiger partial charge < -0.3 is 24.9 Å². The van der Waals surface area contributed by atoms with E-state index in [1.54, 1.807) is 18.9 Å². The van der Waals surface area contributed by atoms with Crippen LogP contribution >= 0.6 is 0 Å². The molecule has 5 rings (SSSR count). The van der Waals surface area contributed by atoms with Crippen LogP contribution in [-0.2, 0) is 4.79 Å². The molecule has 0 radical (unpaired) electrons. The topological polar surface area (TPSA) is 117 Å². The van der Waals surface area contributed by atoms with Crippen LogP contribution in [0.2, 0.25) is 0 Å². The number of carbonyl (C=O) groups excluding carboxylic acids is 1. The standard InChI is InChI=1S/C22H23N5O4/c1-11-4-6-17(31-11)20-19-14(24-22-25-21(23)26-27(20)22)8-13(9-15(19)28)12-5-7-16(29-2)18(10-12)30-3/h4-7,10,13,20H,8-9H2,1-3H3,(H3,23,24,25,26)/t13-,20-/m0/s1. The van der Waals surface area contributed by atoms with Gasteiger partial charge in [0.2, 0.25) is 11.9 Å². The first kappa shape index (κ1) is 19.2. The molecule has 1 aliphatic heterocycles. The van der Waals surface area contributed by atoms with Crippen molar-refractivity contribution in [3.05, 3.63) is 58.7 Å². The molecular formula is C22H23N5O4. The Morgan fingerprint density at radius 2 is 1.97 bits per heavy atom. The molecule has 160 valence electrons. The minimum Gasteiger partial charge on any atom is -0.493 e. The zero-order chi connectivity index (χ0) is 21.7. The highest BCUT2D eigenvalue weighted by atomic mass is 16.5. The summed E-state index contributed by atoms with van der Waals surface area (Å²) in [6.07, 6.45) is 1.01. The van der Waals surface area contributed by atoms with Crippen LogP contribution in [0.4, 0.5) is 11.9 Å². The van der Waals surface area contributed by atoms with Crippen LogP contribution in [0.3, 0.4) is 0 Å². The maximum Gasteiger partial charge on any atom is 0.241 e. The number of nitrogen functional groups attached to an aromatic ring is 1. The number of ketones is 1. The molecule has 1 aliphatic carbocycles. The Morgan fingerprint density at radius 3 is 2.68 bits per heavy atom. The number of nitrogens with one attached hydrogen (secondary N) is 1. The highest BCUT2D eigenvalue weighted by Gasteiger charge is 2.41. The molecule has 31 heavy (non-hydrogen) atoms. The van der Waals surface area contributed by atoms with Crippen molar-refractivity contribution < 1.29 is 18.7 Å². The van der Waals surface area contributed by atoms with Crippen molar-refractivity contribution in [1.29, 1.82) is 0 Å². The number of furan rings is 1. The van der Waals surface area contributed by atoms with E-state index >= 15 is 0 Å². The largest absolute Gasteiger partial charge is 0.493 e. The number of benzene rings is 1. The SMILES string of the molecule is COc1ccc([C@@H]2CC(=O)C3=C(C2)Nc2nc(N)nn2[C@H]3c2ccc(C)o2)cc1OC. The third-order valence-corrected chi connectivity index (χ3v) is 5.85. The quantitative estimate of drug-likeness (QED) is 0.659. The molecule has 0 spiro atoms. The molecule has 0 bridgehead atoms. The van der Waals surface area contributed by atoms with E-state index < -0.39 is 6.04 Å². The fourth-order valence-corrected chi connectivity index (χ4v) is 4.43. The highest BCUT2D eigenvalue weighted by molar-refractivity contribution is 6.00. The Morgan fingerprint density at radius 1 is 1.16 bits per heavy atom. The molecule has 2 aliphatic rings. The molecule has 0 fully saturated rings. The number of carbonyl (C=O) groups is 1. The average molecular weight is 421 g/mol. The maximum absolute atomic E-state index is 13.4. The number of rotatable bonds is 4. The van der Waals surface area contributed by atoms with Crippen molar-refractivity contribution in [3.63, 3.8) is 0 Å². The van der Waals surface area contributed by atoms with Crippen LogP contribution in [0.25, 0.3) is 0 Å². The van der Waals surface area contributed by atoms with E-state index in [2.05, 4.69) is 15.4 Å². The number of ether oxygens (including phenoxy) is 2. The van der Waals surface area contributed by atoms with Gasteiger partial charge in [0, 0.05) is 17.7 Å². The van der Waals surface area contributed by atoms with E-state index in [1.807, 2.05) is 37.3 Å². The monoisotopic (exact) mass is 421 g/mol. The highest BCUT2D eigenvalue weighted by Crippen LogP contribution is 2.45. The number of anilines is 2. The molecule has 0 saturated heterocycles. The fraction of sp³-hybridized carbons (Fsp3) is 0.318. The van der Waals surface area contributed by atoms with Gasteiger partial charge in [-0.2, -0.15) is 4.98 Å². The Labute approximate surface area is 178 Å². The van der Waals surface area contributed by atoms with Crippen molar-refractivity contribution >= 4 is 17.7 Å². The number of aromatic nitrogens is 3. The first-order chi connectivity index (χ1) is 15.0. The van der Waals surface area contributed by atoms with Gasteiger partial charge in [0.25, 0.3) is 0 Å². The number of hydrogen-bond donors (Lipinski definition) is 2. The molecule has 9 nitrogen and oxygen atoms in total. The number of nitrogens with zero attached hydrogens (tertiary/aromatic N) is 3. The molecule has 9 heteroatoms. The first-order valence-corrected chi connectivity index (χ1v) is 10.0. The molecule has 0 amide bonds. The van der Waals surface area contributed by atoms with Gasteiger partial charge in [0.05, 0.1) is 14.2 Å².